The van der Waals surface area contributed by atoms with Gasteiger partial charge < -0.3 is 11.1 Å². The van der Waals surface area contributed by atoms with Crippen molar-refractivity contribution in [2.75, 3.05) is 5.73 Å². The molecule has 1 aromatic rings. The SMILES string of the molecule is C=C1N[C@](C)(c2cc(N)ccc2F)[C@@H](F)C[C@@]1(C)F. The fourth-order valence-electron chi connectivity index (χ4n) is 2.36. The Kier molecular flexibility index (Phi) is 3.03. The standard InChI is InChI=1S/C14H17F3N2/c1-8-13(2,17)7-12(16)14(3,19-8)10-6-9(18)4-5-11(10)15/h4-6,12,19H,1,7,18H2,2-3H3/t12-,13+,14+/m0/s1. The zero-order valence-corrected chi connectivity index (χ0v) is 10.9. The van der Waals surface area contributed by atoms with E-state index in [0.29, 0.717) is 5.69 Å². The smallest absolute Gasteiger partial charge is 0.149 e. The molecule has 0 spiro atoms. The van der Waals surface area contributed by atoms with E-state index in [1.807, 2.05) is 0 Å². The largest absolute Gasteiger partial charge is 0.399 e. The molecule has 0 radical (unpaired) electrons. The third-order valence-corrected chi connectivity index (χ3v) is 3.78. The number of nitrogens with one attached hydrogen (secondary N) is 1. The van der Waals surface area contributed by atoms with E-state index in [9.17, 15) is 13.2 Å². The Labute approximate surface area is 110 Å². The minimum absolute atomic E-state index is 0.0470. The van der Waals surface area contributed by atoms with Gasteiger partial charge in [0, 0.05) is 23.4 Å². The Morgan fingerprint density at radius 2 is 2.05 bits per heavy atom. The van der Waals surface area contributed by atoms with Crippen molar-refractivity contribution in [3.63, 3.8) is 0 Å². The monoisotopic (exact) mass is 270 g/mol. The summed E-state index contributed by atoms with van der Waals surface area (Å²) < 4.78 is 42.3. The highest BCUT2D eigenvalue weighted by Gasteiger charge is 2.49. The molecule has 0 saturated carbocycles. The summed E-state index contributed by atoms with van der Waals surface area (Å²) >= 11 is 0. The van der Waals surface area contributed by atoms with E-state index < -0.39 is 23.2 Å². The number of rotatable bonds is 1. The lowest BCUT2D eigenvalue weighted by Crippen LogP contribution is -2.57. The van der Waals surface area contributed by atoms with E-state index in [2.05, 4.69) is 11.9 Å². The minimum Gasteiger partial charge on any atom is -0.399 e. The lowest BCUT2D eigenvalue weighted by atomic mass is 9.77. The van der Waals surface area contributed by atoms with Gasteiger partial charge in [0.05, 0.1) is 5.54 Å². The summed E-state index contributed by atoms with van der Waals surface area (Å²) in [5, 5.41) is 2.68. The van der Waals surface area contributed by atoms with Crippen LogP contribution in [-0.2, 0) is 5.54 Å². The third-order valence-electron chi connectivity index (χ3n) is 3.78. The third kappa shape index (κ3) is 2.17. The van der Waals surface area contributed by atoms with Gasteiger partial charge in [-0.25, -0.2) is 13.2 Å². The highest BCUT2D eigenvalue weighted by molar-refractivity contribution is 5.45. The number of hydrogen-bond acceptors (Lipinski definition) is 2. The maximum atomic E-state index is 14.3. The second kappa shape index (κ2) is 4.18. The molecule has 1 aromatic carbocycles. The van der Waals surface area contributed by atoms with E-state index >= 15 is 0 Å². The van der Waals surface area contributed by atoms with Crippen LogP contribution in [0.2, 0.25) is 0 Å². The van der Waals surface area contributed by atoms with E-state index in [1.54, 1.807) is 0 Å². The molecule has 0 amide bonds. The van der Waals surface area contributed by atoms with Gasteiger partial charge in [-0.1, -0.05) is 6.58 Å². The fraction of sp³-hybridized carbons (Fsp3) is 0.429. The fourth-order valence-corrected chi connectivity index (χ4v) is 2.36. The molecule has 3 N–H and O–H groups in total. The Morgan fingerprint density at radius 1 is 1.42 bits per heavy atom. The number of piperidine rings is 1. The van der Waals surface area contributed by atoms with Crippen LogP contribution in [0.1, 0.15) is 25.8 Å². The Balaban J connectivity index is 2.48. The van der Waals surface area contributed by atoms with Crippen molar-refractivity contribution in [1.82, 2.24) is 5.32 Å². The van der Waals surface area contributed by atoms with Crippen molar-refractivity contribution in [3.05, 3.63) is 41.9 Å². The Morgan fingerprint density at radius 3 is 2.68 bits per heavy atom. The molecule has 104 valence electrons. The van der Waals surface area contributed by atoms with E-state index in [4.69, 9.17) is 5.73 Å². The highest BCUT2D eigenvalue weighted by atomic mass is 19.2. The number of nitrogen functional groups attached to an aromatic ring is 1. The first-order valence-electron chi connectivity index (χ1n) is 6.03. The van der Waals surface area contributed by atoms with Gasteiger partial charge in [0.2, 0.25) is 0 Å². The van der Waals surface area contributed by atoms with Crippen LogP contribution in [0.3, 0.4) is 0 Å². The molecular formula is C14H17F3N2. The molecule has 1 heterocycles. The van der Waals surface area contributed by atoms with Crippen LogP contribution in [0.25, 0.3) is 0 Å². The normalized spacial score (nSPS) is 35.0. The van der Waals surface area contributed by atoms with Gasteiger partial charge in [-0.15, -0.1) is 0 Å². The molecule has 5 heteroatoms. The number of hydrogen-bond donors (Lipinski definition) is 2. The number of anilines is 1. The average molecular weight is 270 g/mol. The molecule has 0 bridgehead atoms. The first kappa shape index (κ1) is 13.8. The van der Waals surface area contributed by atoms with Crippen molar-refractivity contribution in [2.24, 2.45) is 0 Å². The van der Waals surface area contributed by atoms with Crippen molar-refractivity contribution in [1.29, 1.82) is 0 Å². The quantitative estimate of drug-likeness (QED) is 0.769. The predicted octanol–water partition coefficient (Wildman–Crippen LogP) is 3.20. The highest BCUT2D eigenvalue weighted by Crippen LogP contribution is 2.42. The van der Waals surface area contributed by atoms with Crippen LogP contribution >= 0.6 is 0 Å². The zero-order chi connectivity index (χ0) is 14.4. The topological polar surface area (TPSA) is 38.0 Å². The van der Waals surface area contributed by atoms with Crippen molar-refractivity contribution in [2.45, 2.75) is 37.6 Å². The number of allylic oxidation sites excluding steroid dienone is 1. The second-order valence-electron chi connectivity index (χ2n) is 5.41. The minimum atomic E-state index is -1.85. The van der Waals surface area contributed by atoms with Crippen molar-refractivity contribution < 1.29 is 13.2 Å². The van der Waals surface area contributed by atoms with E-state index in [-0.39, 0.29) is 17.7 Å². The first-order valence-corrected chi connectivity index (χ1v) is 6.03. The number of nitrogens with two attached hydrogens (primary N) is 1. The number of benzene rings is 1. The predicted molar refractivity (Wildman–Crippen MR) is 69.5 cm³/mol. The molecule has 1 aliphatic heterocycles. The molecule has 19 heavy (non-hydrogen) atoms. The summed E-state index contributed by atoms with van der Waals surface area (Å²) in [7, 11) is 0. The summed E-state index contributed by atoms with van der Waals surface area (Å²) in [6.45, 7) is 6.30. The van der Waals surface area contributed by atoms with Gasteiger partial charge in [0.1, 0.15) is 17.7 Å². The average Bonchev–Trinajstić information content (AvgIpc) is 2.29. The molecule has 0 aromatic heterocycles. The van der Waals surface area contributed by atoms with Crippen molar-refractivity contribution >= 4 is 5.69 Å². The molecule has 3 atom stereocenters. The summed E-state index contributed by atoms with van der Waals surface area (Å²) in [4.78, 5) is 0. The summed E-state index contributed by atoms with van der Waals surface area (Å²) in [6, 6.07) is 3.94. The van der Waals surface area contributed by atoms with Crippen LogP contribution in [-0.4, -0.2) is 11.8 Å². The molecule has 0 aliphatic carbocycles. The van der Waals surface area contributed by atoms with Gasteiger partial charge in [-0.3, -0.25) is 0 Å². The molecule has 2 nitrogen and oxygen atoms in total. The van der Waals surface area contributed by atoms with Gasteiger partial charge in [0.15, 0.2) is 0 Å². The Bertz CT molecular complexity index is 527. The number of alkyl halides is 2. The van der Waals surface area contributed by atoms with Gasteiger partial charge in [0.25, 0.3) is 0 Å². The summed E-state index contributed by atoms with van der Waals surface area (Å²) in [5.74, 6) is -0.581. The van der Waals surface area contributed by atoms with Crippen molar-refractivity contribution in [3.8, 4) is 0 Å². The van der Waals surface area contributed by atoms with Crippen LogP contribution in [0.5, 0.6) is 0 Å². The van der Waals surface area contributed by atoms with Crippen LogP contribution in [0.15, 0.2) is 30.5 Å². The Hall–Kier alpha value is -1.65. The summed E-state index contributed by atoms with van der Waals surface area (Å²) in [6.07, 6.45) is -1.96. The lowest BCUT2D eigenvalue weighted by molar-refractivity contribution is 0.0475. The molecule has 0 unspecified atom stereocenters. The first-order chi connectivity index (χ1) is 8.67. The maximum Gasteiger partial charge on any atom is 0.149 e. The molecular weight excluding hydrogens is 253 g/mol. The molecule has 1 aliphatic rings. The molecule has 1 saturated heterocycles. The summed E-state index contributed by atoms with van der Waals surface area (Å²) in [5.41, 5.74) is 2.84. The second-order valence-corrected chi connectivity index (χ2v) is 5.41. The van der Waals surface area contributed by atoms with Gasteiger partial charge in [-0.2, -0.15) is 0 Å². The zero-order valence-electron chi connectivity index (χ0n) is 10.9. The maximum absolute atomic E-state index is 14.3. The van der Waals surface area contributed by atoms with E-state index in [1.165, 1.54) is 32.0 Å². The van der Waals surface area contributed by atoms with Gasteiger partial charge in [-0.05, 0) is 32.0 Å². The van der Waals surface area contributed by atoms with E-state index in [0.717, 1.165) is 0 Å². The van der Waals surface area contributed by atoms with Gasteiger partial charge >= 0.3 is 0 Å². The molecule has 2 rings (SSSR count). The van der Waals surface area contributed by atoms with Crippen LogP contribution in [0, 0.1) is 5.82 Å². The van der Waals surface area contributed by atoms with Crippen LogP contribution in [0.4, 0.5) is 18.9 Å². The molecule has 1 fully saturated rings. The van der Waals surface area contributed by atoms with Crippen LogP contribution < -0.4 is 11.1 Å². The lowest BCUT2D eigenvalue weighted by Gasteiger charge is -2.45. The number of halogens is 3.